The second-order valence-corrected chi connectivity index (χ2v) is 5.47. The molecule has 17 heavy (non-hydrogen) atoms. The highest BCUT2D eigenvalue weighted by Crippen LogP contribution is 2.29. The fourth-order valence-electron chi connectivity index (χ4n) is 2.87. The molecule has 2 atom stereocenters. The topological polar surface area (TPSA) is 15.3 Å². The monoisotopic (exact) mass is 232 g/mol. The molecule has 0 saturated carbocycles. The maximum absolute atomic E-state index is 3.76. The van der Waals surface area contributed by atoms with Gasteiger partial charge in [0.15, 0.2) is 0 Å². The second-order valence-electron chi connectivity index (χ2n) is 5.47. The van der Waals surface area contributed by atoms with Crippen molar-refractivity contribution in [1.29, 1.82) is 0 Å². The number of hydrogen-bond acceptors (Lipinski definition) is 2. The van der Waals surface area contributed by atoms with Gasteiger partial charge in [0.25, 0.3) is 0 Å². The summed E-state index contributed by atoms with van der Waals surface area (Å²) < 4.78 is 0. The van der Waals surface area contributed by atoms with E-state index in [1.165, 1.54) is 30.4 Å². The van der Waals surface area contributed by atoms with E-state index >= 15 is 0 Å². The Bertz CT molecular complexity index is 360. The molecule has 2 unspecified atom stereocenters. The Balaban J connectivity index is 2.03. The van der Waals surface area contributed by atoms with Gasteiger partial charge in [0.1, 0.15) is 0 Å². The lowest BCUT2D eigenvalue weighted by molar-refractivity contribution is 0.317. The smallest absolute Gasteiger partial charge is 0.0325 e. The van der Waals surface area contributed by atoms with Crippen LogP contribution >= 0.6 is 0 Å². The van der Waals surface area contributed by atoms with Gasteiger partial charge in [-0.1, -0.05) is 24.3 Å². The third kappa shape index (κ3) is 3.30. The van der Waals surface area contributed by atoms with Gasteiger partial charge in [-0.3, -0.25) is 0 Å². The number of rotatable bonds is 4. The molecule has 2 rings (SSSR count). The summed E-state index contributed by atoms with van der Waals surface area (Å²) in [5, 5.41) is 3.76. The first-order valence-corrected chi connectivity index (χ1v) is 6.65. The molecule has 0 radical (unpaired) electrons. The first-order chi connectivity index (χ1) is 8.16. The summed E-state index contributed by atoms with van der Waals surface area (Å²) in [4.78, 5) is 2.24. The predicted molar refractivity (Wildman–Crippen MR) is 73.3 cm³/mol. The van der Waals surface area contributed by atoms with Gasteiger partial charge in [-0.15, -0.1) is 0 Å². The average molecular weight is 232 g/mol. The zero-order valence-corrected chi connectivity index (χ0v) is 11.2. The predicted octanol–water partition coefficient (Wildman–Crippen LogP) is 2.60. The molecule has 0 bridgehead atoms. The number of likely N-dealkylation sites (N-methyl/N-ethyl adjacent to an activating group) is 1. The van der Waals surface area contributed by atoms with E-state index in [4.69, 9.17) is 0 Å². The Morgan fingerprint density at radius 1 is 1.35 bits per heavy atom. The van der Waals surface area contributed by atoms with Crippen LogP contribution in [0.2, 0.25) is 0 Å². The van der Waals surface area contributed by atoms with Gasteiger partial charge >= 0.3 is 0 Å². The number of hydrogen-bond donors (Lipinski definition) is 1. The summed E-state index contributed by atoms with van der Waals surface area (Å²) in [6.07, 6.45) is 3.83. The van der Waals surface area contributed by atoms with Crippen molar-refractivity contribution in [1.82, 2.24) is 10.2 Å². The van der Waals surface area contributed by atoms with Crippen LogP contribution < -0.4 is 5.32 Å². The summed E-state index contributed by atoms with van der Waals surface area (Å²) in [6.45, 7) is 3.37. The van der Waals surface area contributed by atoms with Crippen molar-refractivity contribution in [3.8, 4) is 0 Å². The molecular weight excluding hydrogens is 208 g/mol. The Morgan fingerprint density at radius 2 is 2.12 bits per heavy atom. The maximum atomic E-state index is 3.76. The van der Waals surface area contributed by atoms with Crippen LogP contribution in [0.3, 0.4) is 0 Å². The first-order valence-electron chi connectivity index (χ1n) is 6.65. The standard InChI is InChI=1S/C15H24N2/c1-12(11-17(2)3)16-15-10-6-8-13-7-4-5-9-14(13)15/h4-5,7,9,12,15-16H,6,8,10-11H2,1-3H3. The van der Waals surface area contributed by atoms with Gasteiger partial charge in [0.2, 0.25) is 0 Å². The third-order valence-corrected chi connectivity index (χ3v) is 3.49. The minimum Gasteiger partial charge on any atom is -0.308 e. The van der Waals surface area contributed by atoms with E-state index in [9.17, 15) is 0 Å². The summed E-state index contributed by atoms with van der Waals surface area (Å²) in [5.41, 5.74) is 3.05. The van der Waals surface area contributed by atoms with Crippen molar-refractivity contribution in [2.24, 2.45) is 0 Å². The van der Waals surface area contributed by atoms with Gasteiger partial charge < -0.3 is 10.2 Å². The van der Waals surface area contributed by atoms with Crippen LogP contribution in [-0.2, 0) is 6.42 Å². The zero-order chi connectivity index (χ0) is 12.3. The highest BCUT2D eigenvalue weighted by Gasteiger charge is 2.20. The molecule has 0 fully saturated rings. The lowest BCUT2D eigenvalue weighted by atomic mass is 9.87. The molecule has 0 heterocycles. The molecule has 1 aromatic rings. The van der Waals surface area contributed by atoms with E-state index in [0.29, 0.717) is 12.1 Å². The largest absolute Gasteiger partial charge is 0.308 e. The fraction of sp³-hybridized carbons (Fsp3) is 0.600. The van der Waals surface area contributed by atoms with Gasteiger partial charge in [-0.05, 0) is 51.4 Å². The van der Waals surface area contributed by atoms with Crippen molar-refractivity contribution >= 4 is 0 Å². The van der Waals surface area contributed by atoms with Gasteiger partial charge in [-0.25, -0.2) is 0 Å². The van der Waals surface area contributed by atoms with Gasteiger partial charge in [0, 0.05) is 18.6 Å². The van der Waals surface area contributed by atoms with Crippen LogP contribution in [-0.4, -0.2) is 31.6 Å². The third-order valence-electron chi connectivity index (χ3n) is 3.49. The van der Waals surface area contributed by atoms with E-state index in [0.717, 1.165) is 6.54 Å². The van der Waals surface area contributed by atoms with Gasteiger partial charge in [0.05, 0.1) is 0 Å². The molecular formula is C15H24N2. The van der Waals surface area contributed by atoms with E-state index in [2.05, 4.69) is 55.5 Å². The summed E-state index contributed by atoms with van der Waals surface area (Å²) >= 11 is 0. The molecule has 2 heteroatoms. The molecule has 0 aromatic heterocycles. The molecule has 94 valence electrons. The van der Waals surface area contributed by atoms with Crippen molar-refractivity contribution in [2.75, 3.05) is 20.6 Å². The van der Waals surface area contributed by atoms with Crippen LogP contribution in [0.25, 0.3) is 0 Å². The second kappa shape index (κ2) is 5.65. The summed E-state index contributed by atoms with van der Waals surface area (Å²) in [7, 11) is 4.26. The highest BCUT2D eigenvalue weighted by molar-refractivity contribution is 5.32. The van der Waals surface area contributed by atoms with Crippen molar-refractivity contribution < 1.29 is 0 Å². The molecule has 0 spiro atoms. The molecule has 0 aliphatic heterocycles. The van der Waals surface area contributed by atoms with Crippen molar-refractivity contribution in [3.63, 3.8) is 0 Å². The van der Waals surface area contributed by atoms with Gasteiger partial charge in [-0.2, -0.15) is 0 Å². The first kappa shape index (κ1) is 12.6. The van der Waals surface area contributed by atoms with Crippen LogP contribution in [0.4, 0.5) is 0 Å². The van der Waals surface area contributed by atoms with Crippen molar-refractivity contribution in [2.45, 2.75) is 38.3 Å². The number of benzene rings is 1. The lowest BCUT2D eigenvalue weighted by Crippen LogP contribution is -2.39. The summed E-state index contributed by atoms with van der Waals surface area (Å²) in [6, 6.07) is 9.98. The Hall–Kier alpha value is -0.860. The molecule has 2 nitrogen and oxygen atoms in total. The normalized spacial score (nSPS) is 21.3. The SMILES string of the molecule is CC(CN(C)C)NC1CCCc2ccccc21. The number of nitrogens with zero attached hydrogens (tertiary/aromatic N) is 1. The quantitative estimate of drug-likeness (QED) is 0.858. The van der Waals surface area contributed by atoms with Crippen LogP contribution in [0.1, 0.15) is 36.9 Å². The minimum atomic E-state index is 0.543. The van der Waals surface area contributed by atoms with E-state index in [1.807, 2.05) is 0 Å². The summed E-state index contributed by atoms with van der Waals surface area (Å²) in [5.74, 6) is 0. The number of aryl methyl sites for hydroxylation is 1. The molecule has 0 amide bonds. The van der Waals surface area contributed by atoms with Crippen LogP contribution in [0.5, 0.6) is 0 Å². The molecule has 1 N–H and O–H groups in total. The van der Waals surface area contributed by atoms with Crippen molar-refractivity contribution in [3.05, 3.63) is 35.4 Å². The highest BCUT2D eigenvalue weighted by atomic mass is 15.1. The van der Waals surface area contributed by atoms with E-state index in [1.54, 1.807) is 0 Å². The van der Waals surface area contributed by atoms with Crippen LogP contribution in [0, 0.1) is 0 Å². The Morgan fingerprint density at radius 3 is 2.88 bits per heavy atom. The van der Waals surface area contributed by atoms with Crippen LogP contribution in [0.15, 0.2) is 24.3 Å². The number of nitrogens with one attached hydrogen (secondary N) is 1. The fourth-order valence-corrected chi connectivity index (χ4v) is 2.87. The Labute approximate surface area is 105 Å². The zero-order valence-electron chi connectivity index (χ0n) is 11.2. The van der Waals surface area contributed by atoms with E-state index < -0.39 is 0 Å². The molecule has 1 aliphatic rings. The maximum Gasteiger partial charge on any atom is 0.0325 e. The Kier molecular flexibility index (Phi) is 4.19. The van der Waals surface area contributed by atoms with E-state index in [-0.39, 0.29) is 0 Å². The molecule has 1 aliphatic carbocycles. The lowest BCUT2D eigenvalue weighted by Gasteiger charge is -2.30. The number of fused-ring (bicyclic) bond motifs is 1. The molecule has 1 aromatic carbocycles. The average Bonchev–Trinajstić information content (AvgIpc) is 2.28. The minimum absolute atomic E-state index is 0.543. The molecule has 0 saturated heterocycles.